The van der Waals surface area contributed by atoms with Gasteiger partial charge in [-0.3, -0.25) is 9.59 Å². The fourth-order valence-corrected chi connectivity index (χ4v) is 5.27. The van der Waals surface area contributed by atoms with Crippen molar-refractivity contribution in [1.82, 2.24) is 20.1 Å². The number of carbonyl (C=O) groups is 2. The van der Waals surface area contributed by atoms with Crippen LogP contribution in [-0.2, 0) is 4.79 Å². The Labute approximate surface area is 196 Å². The Morgan fingerprint density at radius 1 is 1.12 bits per heavy atom. The Balaban J connectivity index is 1.23. The molecule has 0 radical (unpaired) electrons. The highest BCUT2D eigenvalue weighted by Crippen LogP contribution is 2.27. The molecule has 2 atom stereocenters. The lowest BCUT2D eigenvalue weighted by molar-refractivity contribution is -0.126. The first-order valence-corrected chi connectivity index (χ1v) is 12.4. The zero-order chi connectivity index (χ0) is 23.4. The lowest BCUT2D eigenvalue weighted by atomic mass is 9.84. The van der Waals surface area contributed by atoms with Crippen molar-refractivity contribution in [3.8, 4) is 5.75 Å². The van der Waals surface area contributed by atoms with E-state index >= 15 is 0 Å². The summed E-state index contributed by atoms with van der Waals surface area (Å²) >= 11 is 0. The molecular formula is C26H38N4O3. The molecule has 0 saturated carbocycles. The molecule has 2 saturated heterocycles. The number of likely N-dealkylation sites (tertiary alicyclic amines) is 2. The lowest BCUT2D eigenvalue weighted by Gasteiger charge is -2.34. The van der Waals surface area contributed by atoms with E-state index in [1.807, 2.05) is 36.1 Å². The molecule has 180 valence electrons. The van der Waals surface area contributed by atoms with Gasteiger partial charge in [0.1, 0.15) is 11.4 Å². The number of rotatable bonds is 8. The van der Waals surface area contributed by atoms with Crippen LogP contribution in [0.25, 0.3) is 10.9 Å². The molecule has 1 aromatic heterocycles. The maximum Gasteiger partial charge on any atom is 0.270 e. The molecule has 0 spiro atoms. The second kappa shape index (κ2) is 10.6. The van der Waals surface area contributed by atoms with Crippen molar-refractivity contribution in [3.05, 3.63) is 30.0 Å². The van der Waals surface area contributed by atoms with Crippen molar-refractivity contribution < 1.29 is 14.3 Å². The van der Waals surface area contributed by atoms with Gasteiger partial charge in [0.2, 0.25) is 5.91 Å². The first-order chi connectivity index (χ1) is 16.0. The third-order valence-electron chi connectivity index (χ3n) is 7.63. The summed E-state index contributed by atoms with van der Waals surface area (Å²) < 4.78 is 5.27. The van der Waals surface area contributed by atoms with Gasteiger partial charge >= 0.3 is 0 Å². The van der Waals surface area contributed by atoms with E-state index < -0.39 is 0 Å². The topological polar surface area (TPSA) is 77.7 Å². The van der Waals surface area contributed by atoms with Crippen molar-refractivity contribution in [2.75, 3.05) is 39.8 Å². The van der Waals surface area contributed by atoms with Crippen LogP contribution >= 0.6 is 0 Å². The van der Waals surface area contributed by atoms with Crippen molar-refractivity contribution >= 4 is 22.7 Å². The summed E-state index contributed by atoms with van der Waals surface area (Å²) in [7, 11) is 1.64. The number of hydrogen-bond donors (Lipinski definition) is 2. The number of aromatic nitrogens is 1. The fourth-order valence-electron chi connectivity index (χ4n) is 5.27. The smallest absolute Gasteiger partial charge is 0.270 e. The number of methoxy groups -OCH3 is 1. The van der Waals surface area contributed by atoms with Crippen LogP contribution in [0.4, 0.5) is 0 Å². The monoisotopic (exact) mass is 454 g/mol. The summed E-state index contributed by atoms with van der Waals surface area (Å²) in [6.45, 7) is 8.79. The molecular weight excluding hydrogens is 416 g/mol. The van der Waals surface area contributed by atoms with Crippen molar-refractivity contribution in [2.45, 2.75) is 52.0 Å². The molecule has 4 rings (SSSR count). The summed E-state index contributed by atoms with van der Waals surface area (Å²) in [6.07, 6.45) is 5.31. The number of nitrogens with zero attached hydrogens (tertiary/aromatic N) is 2. The fraction of sp³-hybridized carbons (Fsp3) is 0.615. The number of ether oxygens (including phenoxy) is 1. The van der Waals surface area contributed by atoms with E-state index in [9.17, 15) is 9.59 Å². The minimum atomic E-state index is -0.0233. The minimum Gasteiger partial charge on any atom is -0.497 e. The average molecular weight is 455 g/mol. The highest BCUT2D eigenvalue weighted by atomic mass is 16.5. The Morgan fingerprint density at radius 3 is 2.55 bits per heavy atom. The summed E-state index contributed by atoms with van der Waals surface area (Å²) in [5.74, 6) is 1.23. The zero-order valence-electron chi connectivity index (χ0n) is 20.2. The van der Waals surface area contributed by atoms with E-state index in [-0.39, 0.29) is 17.7 Å². The van der Waals surface area contributed by atoms with Gasteiger partial charge in [-0.2, -0.15) is 0 Å². The first kappa shape index (κ1) is 23.6. The Hall–Kier alpha value is -2.54. The average Bonchev–Trinajstić information content (AvgIpc) is 3.52. The number of H-pyrrole nitrogens is 1. The molecule has 2 aliphatic heterocycles. The number of hydrogen-bond acceptors (Lipinski definition) is 4. The zero-order valence-corrected chi connectivity index (χ0v) is 20.2. The third kappa shape index (κ3) is 5.52. The van der Waals surface area contributed by atoms with Crippen LogP contribution in [0.3, 0.4) is 0 Å². The molecule has 2 amide bonds. The lowest BCUT2D eigenvalue weighted by Crippen LogP contribution is -2.43. The van der Waals surface area contributed by atoms with Crippen LogP contribution in [0.2, 0.25) is 0 Å². The van der Waals surface area contributed by atoms with E-state index in [2.05, 4.69) is 22.1 Å². The molecule has 2 N–H and O–H groups in total. The van der Waals surface area contributed by atoms with Gasteiger partial charge in [-0.1, -0.05) is 6.92 Å². The van der Waals surface area contributed by atoms with Gasteiger partial charge in [-0.05, 0) is 76.2 Å². The van der Waals surface area contributed by atoms with Gasteiger partial charge in [-0.25, -0.2) is 0 Å². The largest absolute Gasteiger partial charge is 0.497 e. The van der Waals surface area contributed by atoms with Crippen LogP contribution in [0.15, 0.2) is 24.3 Å². The quantitative estimate of drug-likeness (QED) is 0.638. The highest BCUT2D eigenvalue weighted by molar-refractivity contribution is 5.98. The molecule has 0 bridgehead atoms. The molecule has 2 fully saturated rings. The van der Waals surface area contributed by atoms with Crippen LogP contribution in [-0.4, -0.2) is 72.5 Å². The van der Waals surface area contributed by atoms with Crippen LogP contribution in [0.1, 0.15) is 56.4 Å². The normalized spacial score (nSPS) is 19.5. The second-order valence-electron chi connectivity index (χ2n) is 9.73. The van der Waals surface area contributed by atoms with Gasteiger partial charge in [0, 0.05) is 48.6 Å². The number of carbonyl (C=O) groups excluding carboxylic acids is 2. The highest BCUT2D eigenvalue weighted by Gasteiger charge is 2.30. The molecule has 33 heavy (non-hydrogen) atoms. The van der Waals surface area contributed by atoms with Crippen LogP contribution in [0.5, 0.6) is 5.75 Å². The minimum absolute atomic E-state index is 0.0233. The molecule has 2 aliphatic rings. The summed E-state index contributed by atoms with van der Waals surface area (Å²) in [6, 6.07) is 8.20. The molecule has 7 heteroatoms. The number of benzene rings is 1. The van der Waals surface area contributed by atoms with Gasteiger partial charge in [0.15, 0.2) is 0 Å². The Bertz CT molecular complexity index is 958. The van der Waals surface area contributed by atoms with Crippen molar-refractivity contribution in [3.63, 3.8) is 0 Å². The van der Waals surface area contributed by atoms with Crippen LogP contribution in [0, 0.1) is 11.8 Å². The summed E-state index contributed by atoms with van der Waals surface area (Å²) in [5.41, 5.74) is 1.51. The SMILES string of the molecule is COc1ccc2cc(C(=O)N3CCC([C@H](C)C(=O)NCC[C@H](C)N4CCCC4)CC3)[nH]c2c1. The maximum atomic E-state index is 13.0. The van der Waals surface area contributed by atoms with E-state index in [0.717, 1.165) is 42.5 Å². The number of amides is 2. The van der Waals surface area contributed by atoms with Crippen molar-refractivity contribution in [1.29, 1.82) is 0 Å². The second-order valence-corrected chi connectivity index (χ2v) is 9.73. The molecule has 3 heterocycles. The van der Waals surface area contributed by atoms with Crippen LogP contribution < -0.4 is 10.1 Å². The number of fused-ring (bicyclic) bond motifs is 1. The first-order valence-electron chi connectivity index (χ1n) is 12.4. The molecule has 7 nitrogen and oxygen atoms in total. The molecule has 0 aliphatic carbocycles. The predicted octanol–water partition coefficient (Wildman–Crippen LogP) is 3.66. The molecule has 0 unspecified atom stereocenters. The van der Waals surface area contributed by atoms with Gasteiger partial charge < -0.3 is 24.8 Å². The standard InChI is InChI=1S/C26H38N4O3/c1-18(29-12-4-5-13-29)8-11-27-25(31)19(2)20-9-14-30(15-10-20)26(32)24-16-21-6-7-22(33-3)17-23(21)28-24/h6-7,16-20,28H,4-5,8-15H2,1-3H3,(H,27,31)/t18-,19-/m0/s1. The molecule has 1 aromatic carbocycles. The van der Waals surface area contributed by atoms with E-state index in [1.54, 1.807) is 7.11 Å². The summed E-state index contributed by atoms with van der Waals surface area (Å²) in [5, 5.41) is 4.16. The van der Waals surface area contributed by atoms with Gasteiger partial charge in [0.25, 0.3) is 5.91 Å². The van der Waals surface area contributed by atoms with Gasteiger partial charge in [-0.15, -0.1) is 0 Å². The van der Waals surface area contributed by atoms with E-state index in [4.69, 9.17) is 4.74 Å². The third-order valence-corrected chi connectivity index (χ3v) is 7.63. The Morgan fingerprint density at radius 2 is 1.85 bits per heavy atom. The Kier molecular flexibility index (Phi) is 7.58. The maximum absolute atomic E-state index is 13.0. The number of nitrogens with one attached hydrogen (secondary N) is 2. The van der Waals surface area contributed by atoms with Crippen molar-refractivity contribution in [2.24, 2.45) is 11.8 Å². The van der Waals surface area contributed by atoms with E-state index in [0.29, 0.717) is 30.7 Å². The number of aromatic amines is 1. The van der Waals surface area contributed by atoms with Gasteiger partial charge in [0.05, 0.1) is 7.11 Å². The van der Waals surface area contributed by atoms with E-state index in [1.165, 1.54) is 25.9 Å². The predicted molar refractivity (Wildman–Crippen MR) is 131 cm³/mol. The number of piperidine rings is 1. The molecule has 2 aromatic rings. The summed E-state index contributed by atoms with van der Waals surface area (Å²) in [4.78, 5) is 33.4.